The van der Waals surface area contributed by atoms with E-state index in [1.807, 2.05) is 13.6 Å². The van der Waals surface area contributed by atoms with Gasteiger partial charge in [-0.2, -0.15) is 25.5 Å². The molecule has 0 spiro atoms. The van der Waals surface area contributed by atoms with Crippen LogP contribution >= 0.6 is 58.2 Å². The summed E-state index contributed by atoms with van der Waals surface area (Å²) in [4.78, 5) is 20.7. The third kappa shape index (κ3) is 13.0. The van der Waals surface area contributed by atoms with Crippen molar-refractivity contribution in [2.75, 3.05) is 31.5 Å². The van der Waals surface area contributed by atoms with Gasteiger partial charge in [-0.1, -0.05) is 30.8 Å². The van der Waals surface area contributed by atoms with Crippen LogP contribution in [0.3, 0.4) is 0 Å². The summed E-state index contributed by atoms with van der Waals surface area (Å²) in [7, 11) is 5.19. The molecule has 1 atom stereocenters. The van der Waals surface area contributed by atoms with Crippen LogP contribution < -0.4 is 9.47 Å². The Labute approximate surface area is 299 Å². The molecule has 5 nitrogen and oxygen atoms in total. The minimum atomic E-state index is -0.132. The Balaban J connectivity index is 0.00000134. The van der Waals surface area contributed by atoms with Crippen LogP contribution in [0.2, 0.25) is 6.32 Å². The number of carbonyl (C=O) groups is 2. The van der Waals surface area contributed by atoms with E-state index in [2.05, 4.69) is 49.4 Å². The van der Waals surface area contributed by atoms with E-state index in [-0.39, 0.29) is 37.2 Å². The van der Waals surface area contributed by atoms with Gasteiger partial charge in [0, 0.05) is 11.5 Å². The predicted molar refractivity (Wildman–Crippen MR) is 182 cm³/mol. The zero-order chi connectivity index (χ0) is 30.5. The van der Waals surface area contributed by atoms with Crippen molar-refractivity contribution in [3.63, 3.8) is 0 Å². The molecule has 1 aliphatic rings. The molecule has 0 N–H and O–H groups in total. The Morgan fingerprint density at radius 3 is 2.17 bits per heavy atom. The number of hydrogen-bond donors (Lipinski definition) is 1. The normalized spacial score (nSPS) is 12.9. The molecule has 0 aliphatic carbocycles. The van der Waals surface area contributed by atoms with Crippen LogP contribution in [0.15, 0.2) is 22.9 Å². The number of carbonyl (C=O) groups excluding carboxylic acids is 2. The summed E-state index contributed by atoms with van der Waals surface area (Å²) in [6.45, 7) is 13.7. The van der Waals surface area contributed by atoms with E-state index in [0.717, 1.165) is 85.1 Å². The maximum absolute atomic E-state index is 8.00. The minimum absolute atomic E-state index is 0. The summed E-state index contributed by atoms with van der Waals surface area (Å²) in [5.41, 5.74) is 2.53. The van der Waals surface area contributed by atoms with Crippen molar-refractivity contribution in [3.05, 3.63) is 47.9 Å². The quantitative estimate of drug-likeness (QED) is 0.0580. The van der Waals surface area contributed by atoms with Gasteiger partial charge in [0.15, 0.2) is 11.5 Å². The number of alkyl halides is 1. The molecular weight excluding hydrogens is 853 g/mol. The maximum Gasteiger partial charge on any atom is 2.00 e. The van der Waals surface area contributed by atoms with Crippen molar-refractivity contribution in [2.45, 2.75) is 57.4 Å². The first-order chi connectivity index (χ1) is 20.2. The Morgan fingerprint density at radius 2 is 1.60 bits per heavy atom. The molecule has 42 heavy (non-hydrogen) atoms. The minimum Gasteiger partial charge on any atom is -0.484 e. The van der Waals surface area contributed by atoms with Gasteiger partial charge in [0.05, 0.1) is 35.0 Å². The number of ether oxygens (including phenoxy) is 3. The Kier molecular flexibility index (Phi) is 25.9. The standard InChI is InChI=1S/C23H26ClO3S4.C5H10B.2CH2O.U/c1-2-15-6-11-29-20(15)23-19-18(26-14-17(13-24)27-19)22(31-23)21-16(7-12-30-21)5-9-25-8-3-4-10-28;1-2-3-4-5-6;2*1-2;/h6-7,11-12,17,28H,1-5,8-10,13-14H2;1-5H2;2*1H2;/q2*-1;;;+2. The summed E-state index contributed by atoms with van der Waals surface area (Å²) in [5.74, 6) is 3.00. The summed E-state index contributed by atoms with van der Waals surface area (Å²) in [6.07, 6.45) is 7.80. The molecule has 1 aliphatic heterocycles. The first-order valence-electron chi connectivity index (χ1n) is 13.4. The predicted octanol–water partition coefficient (Wildman–Crippen LogP) is 8.44. The van der Waals surface area contributed by atoms with Gasteiger partial charge >= 0.3 is 31.1 Å². The number of fused-ring (bicyclic) bond motifs is 1. The molecule has 2 radical (unpaired) electrons. The van der Waals surface area contributed by atoms with Crippen molar-refractivity contribution in [1.82, 2.24) is 0 Å². The Morgan fingerprint density at radius 1 is 0.952 bits per heavy atom. The van der Waals surface area contributed by atoms with Gasteiger partial charge in [-0.3, -0.25) is 0 Å². The van der Waals surface area contributed by atoms with Gasteiger partial charge in [0.25, 0.3) is 0 Å². The third-order valence-electron chi connectivity index (χ3n) is 5.78. The van der Waals surface area contributed by atoms with Crippen LogP contribution in [0, 0.1) is 45.0 Å². The molecular formula is C30H40BClO5S4U. The van der Waals surface area contributed by atoms with Crippen molar-refractivity contribution in [3.8, 4) is 31.0 Å². The summed E-state index contributed by atoms with van der Waals surface area (Å²) < 4.78 is 18.4. The first-order valence-corrected chi connectivity index (χ1v) is 17.1. The molecule has 228 valence electrons. The molecule has 1 unspecified atom stereocenters. The van der Waals surface area contributed by atoms with Gasteiger partial charge in [0.2, 0.25) is 0 Å². The summed E-state index contributed by atoms with van der Waals surface area (Å²) in [6, 6.07) is 4.34. The van der Waals surface area contributed by atoms with Gasteiger partial charge < -0.3 is 37.6 Å². The molecule has 0 saturated carbocycles. The zero-order valence-corrected chi connectivity index (χ0v) is 32.3. The van der Waals surface area contributed by atoms with E-state index < -0.39 is 0 Å². The molecule has 0 aromatic carbocycles. The van der Waals surface area contributed by atoms with Crippen LogP contribution in [-0.2, 0) is 27.2 Å². The zero-order valence-electron chi connectivity index (χ0n) is 24.1. The second-order valence-corrected chi connectivity index (χ2v) is 12.2. The van der Waals surface area contributed by atoms with Crippen molar-refractivity contribution in [1.29, 1.82) is 0 Å². The van der Waals surface area contributed by atoms with Crippen LogP contribution in [0.5, 0.6) is 11.5 Å². The summed E-state index contributed by atoms with van der Waals surface area (Å²) >= 11 is 15.6. The number of rotatable bonds is 14. The Bertz CT molecular complexity index is 1090. The van der Waals surface area contributed by atoms with Gasteiger partial charge in [-0.05, 0) is 47.4 Å². The first kappa shape index (κ1) is 41.8. The Hall–Kier alpha value is -0.243. The molecule has 3 aromatic rings. The molecule has 4 heterocycles. The SMILES string of the molecule is C=O.C=O.[B]CCCC[CH2-].[CH2-]Cc1ccsc1-c1sc(-c2sccc2CCOCCCCS)c2c1OC(CCl)CO2.[U+2]. The summed E-state index contributed by atoms with van der Waals surface area (Å²) in [5, 5.41) is 4.27. The third-order valence-corrected chi connectivity index (χ3v) is 9.84. The smallest absolute Gasteiger partial charge is 0.484 e. The van der Waals surface area contributed by atoms with Gasteiger partial charge in [-0.15, -0.1) is 45.6 Å². The van der Waals surface area contributed by atoms with Gasteiger partial charge in [-0.25, -0.2) is 0 Å². The fraction of sp³-hybridized carbons (Fsp3) is 0.467. The molecule has 0 amide bonds. The molecule has 0 fully saturated rings. The topological polar surface area (TPSA) is 61.8 Å². The fourth-order valence-electron chi connectivity index (χ4n) is 3.78. The molecule has 3 aromatic heterocycles. The van der Waals surface area contributed by atoms with Crippen LogP contribution in [-0.4, -0.2) is 59.0 Å². The van der Waals surface area contributed by atoms with Gasteiger partial charge in [0.1, 0.15) is 26.3 Å². The second kappa shape index (κ2) is 26.0. The largest absolute Gasteiger partial charge is 2.00 e. The average molecular weight is 893 g/mol. The molecule has 12 heteroatoms. The number of hydrogen-bond acceptors (Lipinski definition) is 9. The number of unbranched alkanes of at least 4 members (excludes halogenated alkanes) is 3. The number of halogens is 1. The van der Waals surface area contributed by atoms with E-state index in [9.17, 15) is 0 Å². The van der Waals surface area contributed by atoms with E-state index in [4.69, 9.17) is 43.2 Å². The van der Waals surface area contributed by atoms with Crippen LogP contribution in [0.1, 0.15) is 43.2 Å². The monoisotopic (exact) mass is 892 g/mol. The molecule has 0 saturated heterocycles. The van der Waals surface area contributed by atoms with Crippen LogP contribution in [0.25, 0.3) is 19.5 Å². The van der Waals surface area contributed by atoms with E-state index in [1.165, 1.54) is 27.3 Å². The second-order valence-electron chi connectivity index (χ2n) is 8.57. The van der Waals surface area contributed by atoms with Crippen molar-refractivity contribution in [2.24, 2.45) is 0 Å². The number of thiol groups is 1. The molecule has 0 bridgehead atoms. The van der Waals surface area contributed by atoms with Crippen molar-refractivity contribution >= 4 is 79.7 Å². The van der Waals surface area contributed by atoms with E-state index in [0.29, 0.717) is 12.5 Å². The van der Waals surface area contributed by atoms with E-state index in [1.54, 1.807) is 34.0 Å². The number of thiophene rings is 3. The fourth-order valence-corrected chi connectivity index (χ4v) is 7.60. The molecule has 4 rings (SSSR count). The average Bonchev–Trinajstić information content (AvgIpc) is 3.78. The van der Waals surface area contributed by atoms with Crippen molar-refractivity contribution < 1.29 is 54.9 Å². The maximum atomic E-state index is 8.00. The van der Waals surface area contributed by atoms with Crippen LogP contribution in [0.4, 0.5) is 0 Å². The van der Waals surface area contributed by atoms with E-state index >= 15 is 0 Å².